The van der Waals surface area contributed by atoms with E-state index >= 15 is 0 Å². The predicted molar refractivity (Wildman–Crippen MR) is 94.9 cm³/mol. The maximum atomic E-state index is 2.28. The fourth-order valence-electron chi connectivity index (χ4n) is 2.47. The largest absolute Gasteiger partial charge is 0.0683 e. The van der Waals surface area contributed by atoms with Crippen LogP contribution in [-0.4, -0.2) is 0 Å². The summed E-state index contributed by atoms with van der Waals surface area (Å²) in [5.41, 5.74) is 6.60. The Bertz CT molecular complexity index is 751. The summed E-state index contributed by atoms with van der Waals surface area (Å²) >= 11 is 0. The molecule has 0 aromatic heterocycles. The van der Waals surface area contributed by atoms with Crippen molar-refractivity contribution >= 4 is 10.8 Å². The van der Waals surface area contributed by atoms with Gasteiger partial charge in [0.05, 0.1) is 0 Å². The van der Waals surface area contributed by atoms with Gasteiger partial charge in [-0.25, -0.2) is 0 Å². The fourth-order valence-corrected chi connectivity index (χ4v) is 2.47. The highest BCUT2D eigenvalue weighted by Crippen LogP contribution is 2.26. The lowest BCUT2D eigenvalue weighted by Gasteiger charge is -2.07. The summed E-state index contributed by atoms with van der Waals surface area (Å²) in [5, 5.41) is 2.62. The van der Waals surface area contributed by atoms with E-state index in [1.165, 1.54) is 38.6 Å². The SMILES string of the molecule is CC.Cc1ccc2cc(-c3ccc(C)c(C)c3)ccc2c1. The molecule has 0 unspecified atom stereocenters. The lowest BCUT2D eigenvalue weighted by molar-refractivity contribution is 1.34. The molecule has 0 aliphatic rings. The molecule has 0 atom stereocenters. The van der Waals surface area contributed by atoms with Crippen LogP contribution < -0.4 is 0 Å². The van der Waals surface area contributed by atoms with Crippen molar-refractivity contribution in [2.24, 2.45) is 0 Å². The Morgan fingerprint density at radius 1 is 0.524 bits per heavy atom. The Labute approximate surface area is 128 Å². The van der Waals surface area contributed by atoms with Crippen molar-refractivity contribution in [3.8, 4) is 11.1 Å². The highest BCUT2D eigenvalue weighted by Gasteiger charge is 2.01. The molecule has 0 bridgehead atoms. The van der Waals surface area contributed by atoms with E-state index in [4.69, 9.17) is 0 Å². The lowest BCUT2D eigenvalue weighted by Crippen LogP contribution is -1.84. The number of hydrogen-bond acceptors (Lipinski definition) is 0. The maximum Gasteiger partial charge on any atom is -0.0178 e. The van der Waals surface area contributed by atoms with Crippen molar-refractivity contribution in [2.75, 3.05) is 0 Å². The molecule has 3 aromatic carbocycles. The molecule has 0 heteroatoms. The molecule has 0 N–H and O–H groups in total. The molecule has 0 nitrogen and oxygen atoms in total. The van der Waals surface area contributed by atoms with Gasteiger partial charge in [0.1, 0.15) is 0 Å². The van der Waals surface area contributed by atoms with Crippen LogP contribution in [0.5, 0.6) is 0 Å². The van der Waals surface area contributed by atoms with Crippen LogP contribution in [0.3, 0.4) is 0 Å². The molecule has 21 heavy (non-hydrogen) atoms. The minimum Gasteiger partial charge on any atom is -0.0683 e. The molecular weight excluding hydrogens is 252 g/mol. The third-order valence-corrected chi connectivity index (χ3v) is 3.84. The van der Waals surface area contributed by atoms with Crippen LogP contribution in [0.1, 0.15) is 30.5 Å². The van der Waals surface area contributed by atoms with Crippen molar-refractivity contribution in [1.82, 2.24) is 0 Å². The molecule has 3 rings (SSSR count). The minimum atomic E-state index is 1.29. The van der Waals surface area contributed by atoms with E-state index in [2.05, 4.69) is 75.4 Å². The predicted octanol–water partition coefficient (Wildman–Crippen LogP) is 6.46. The Kier molecular flexibility index (Phi) is 4.80. The van der Waals surface area contributed by atoms with Gasteiger partial charge in [0.2, 0.25) is 0 Å². The van der Waals surface area contributed by atoms with E-state index in [1.54, 1.807) is 0 Å². The zero-order valence-corrected chi connectivity index (χ0v) is 13.7. The van der Waals surface area contributed by atoms with E-state index in [0.29, 0.717) is 0 Å². The monoisotopic (exact) mass is 276 g/mol. The second-order valence-corrected chi connectivity index (χ2v) is 5.36. The molecule has 0 amide bonds. The molecular formula is C21H24. The summed E-state index contributed by atoms with van der Waals surface area (Å²) in [7, 11) is 0. The summed E-state index contributed by atoms with van der Waals surface area (Å²) in [6, 6.07) is 20.0. The van der Waals surface area contributed by atoms with E-state index in [-0.39, 0.29) is 0 Å². The first-order valence-electron chi connectivity index (χ1n) is 7.71. The maximum absolute atomic E-state index is 2.28. The van der Waals surface area contributed by atoms with Gasteiger partial charge < -0.3 is 0 Å². The first-order valence-corrected chi connectivity index (χ1v) is 7.71. The zero-order valence-electron chi connectivity index (χ0n) is 13.7. The quantitative estimate of drug-likeness (QED) is 0.478. The van der Waals surface area contributed by atoms with Gasteiger partial charge in [0.15, 0.2) is 0 Å². The van der Waals surface area contributed by atoms with Crippen molar-refractivity contribution in [2.45, 2.75) is 34.6 Å². The van der Waals surface area contributed by atoms with Crippen LogP contribution in [-0.2, 0) is 0 Å². The smallest absolute Gasteiger partial charge is 0.0178 e. The van der Waals surface area contributed by atoms with Crippen LogP contribution in [0.4, 0.5) is 0 Å². The molecule has 0 heterocycles. The van der Waals surface area contributed by atoms with Gasteiger partial charge in [-0.3, -0.25) is 0 Å². The normalized spacial score (nSPS) is 10.1. The van der Waals surface area contributed by atoms with Gasteiger partial charge in [-0.1, -0.05) is 67.9 Å². The highest BCUT2D eigenvalue weighted by atomic mass is 14.1. The van der Waals surface area contributed by atoms with Gasteiger partial charge in [0, 0.05) is 0 Å². The average molecular weight is 276 g/mol. The second kappa shape index (κ2) is 6.58. The highest BCUT2D eigenvalue weighted by molar-refractivity contribution is 5.87. The van der Waals surface area contributed by atoms with Crippen molar-refractivity contribution in [3.05, 3.63) is 71.3 Å². The number of aryl methyl sites for hydroxylation is 3. The topological polar surface area (TPSA) is 0 Å². The molecule has 3 aromatic rings. The van der Waals surface area contributed by atoms with Gasteiger partial charge in [-0.2, -0.15) is 0 Å². The first-order chi connectivity index (χ1) is 10.1. The van der Waals surface area contributed by atoms with Gasteiger partial charge >= 0.3 is 0 Å². The Balaban J connectivity index is 0.000000774. The van der Waals surface area contributed by atoms with E-state index < -0.39 is 0 Å². The average Bonchev–Trinajstić information content (AvgIpc) is 2.51. The summed E-state index contributed by atoms with van der Waals surface area (Å²) in [6.45, 7) is 10.5. The third-order valence-electron chi connectivity index (χ3n) is 3.84. The Morgan fingerprint density at radius 3 is 1.81 bits per heavy atom. The number of benzene rings is 3. The van der Waals surface area contributed by atoms with E-state index in [1.807, 2.05) is 13.8 Å². The second-order valence-electron chi connectivity index (χ2n) is 5.36. The molecule has 0 fully saturated rings. The van der Waals surface area contributed by atoms with Crippen LogP contribution in [0, 0.1) is 20.8 Å². The third kappa shape index (κ3) is 3.33. The van der Waals surface area contributed by atoms with Crippen molar-refractivity contribution < 1.29 is 0 Å². The summed E-state index contributed by atoms with van der Waals surface area (Å²) < 4.78 is 0. The van der Waals surface area contributed by atoms with Crippen LogP contribution in [0.2, 0.25) is 0 Å². The zero-order chi connectivity index (χ0) is 15.4. The lowest BCUT2D eigenvalue weighted by atomic mass is 9.97. The molecule has 0 aliphatic heterocycles. The van der Waals surface area contributed by atoms with Crippen LogP contribution in [0.25, 0.3) is 21.9 Å². The van der Waals surface area contributed by atoms with Gasteiger partial charge in [-0.05, 0) is 59.9 Å². The number of rotatable bonds is 1. The summed E-state index contributed by atoms with van der Waals surface area (Å²) in [4.78, 5) is 0. The number of fused-ring (bicyclic) bond motifs is 1. The fraction of sp³-hybridized carbons (Fsp3) is 0.238. The summed E-state index contributed by atoms with van der Waals surface area (Å²) in [5.74, 6) is 0. The molecule has 0 aliphatic carbocycles. The minimum absolute atomic E-state index is 1.29. The standard InChI is InChI=1S/C19H18.C2H6/c1-13-4-6-18-12-19(9-8-16(18)10-13)17-7-5-14(2)15(3)11-17;1-2/h4-12H,1-3H3;1-2H3. The van der Waals surface area contributed by atoms with E-state index in [9.17, 15) is 0 Å². The van der Waals surface area contributed by atoms with Gasteiger partial charge in [-0.15, -0.1) is 0 Å². The van der Waals surface area contributed by atoms with Gasteiger partial charge in [0.25, 0.3) is 0 Å². The molecule has 0 saturated heterocycles. The number of hydrogen-bond donors (Lipinski definition) is 0. The molecule has 108 valence electrons. The van der Waals surface area contributed by atoms with Crippen LogP contribution >= 0.6 is 0 Å². The molecule has 0 radical (unpaired) electrons. The van der Waals surface area contributed by atoms with Crippen LogP contribution in [0.15, 0.2) is 54.6 Å². The molecule has 0 spiro atoms. The van der Waals surface area contributed by atoms with Crippen molar-refractivity contribution in [3.63, 3.8) is 0 Å². The summed E-state index contributed by atoms with van der Waals surface area (Å²) in [6.07, 6.45) is 0. The molecule has 0 saturated carbocycles. The van der Waals surface area contributed by atoms with Crippen molar-refractivity contribution in [1.29, 1.82) is 0 Å². The van der Waals surface area contributed by atoms with E-state index in [0.717, 1.165) is 0 Å². The Morgan fingerprint density at radius 2 is 1.10 bits per heavy atom. The first kappa shape index (κ1) is 15.3. The Hall–Kier alpha value is -2.08.